The van der Waals surface area contributed by atoms with Crippen molar-refractivity contribution in [3.05, 3.63) is 23.3 Å². The lowest BCUT2D eigenvalue weighted by atomic mass is 9.82. The average molecular weight is 365 g/mol. The number of carbonyl (C=O) groups is 1. The minimum atomic E-state index is -0.707. The van der Waals surface area contributed by atoms with E-state index in [1.807, 2.05) is 13.8 Å². The normalized spacial score (nSPS) is 38.0. The third-order valence-corrected chi connectivity index (χ3v) is 5.87. The standard InChI is InChI=1S/C22H36O4/c1-15-7-10-18(21(4,5)24)11-8-16(2)13-19(25-17(3)23)14-22(6)20(26-22)12-9-15/h7,13,18-20,24H,8-12,14H2,1-6H3/b15-7+,16-13+/t18-,19-,20-,22+/m0/s1. The number of hydrogen-bond donors (Lipinski definition) is 1. The van der Waals surface area contributed by atoms with E-state index >= 15 is 0 Å². The Hall–Kier alpha value is -1.13. The average Bonchev–Trinajstić information content (AvgIpc) is 3.11. The molecule has 0 radical (unpaired) electrons. The van der Waals surface area contributed by atoms with E-state index in [9.17, 15) is 9.90 Å². The van der Waals surface area contributed by atoms with Crippen molar-refractivity contribution in [2.24, 2.45) is 5.92 Å². The van der Waals surface area contributed by atoms with Crippen molar-refractivity contribution in [2.45, 2.75) is 103 Å². The maximum absolute atomic E-state index is 11.5. The highest BCUT2D eigenvalue weighted by Gasteiger charge is 2.52. The highest BCUT2D eigenvalue weighted by molar-refractivity contribution is 5.66. The second-order valence-corrected chi connectivity index (χ2v) is 9.00. The fourth-order valence-corrected chi connectivity index (χ4v) is 3.95. The molecule has 1 saturated heterocycles. The van der Waals surface area contributed by atoms with Gasteiger partial charge < -0.3 is 14.6 Å². The zero-order chi connectivity index (χ0) is 19.5. The Balaban J connectivity index is 2.19. The van der Waals surface area contributed by atoms with Crippen LogP contribution < -0.4 is 0 Å². The number of ether oxygens (including phenoxy) is 2. The second kappa shape index (κ2) is 8.26. The van der Waals surface area contributed by atoms with E-state index in [2.05, 4.69) is 32.9 Å². The third kappa shape index (κ3) is 6.24. The smallest absolute Gasteiger partial charge is 0.303 e. The number of aliphatic hydroxyl groups is 1. The fourth-order valence-electron chi connectivity index (χ4n) is 3.95. The summed E-state index contributed by atoms with van der Waals surface area (Å²) < 4.78 is 11.5. The molecule has 0 aromatic carbocycles. The van der Waals surface area contributed by atoms with E-state index in [0.29, 0.717) is 6.42 Å². The van der Waals surface area contributed by atoms with Crippen molar-refractivity contribution >= 4 is 5.97 Å². The lowest BCUT2D eigenvalue weighted by Gasteiger charge is -2.29. The van der Waals surface area contributed by atoms with Gasteiger partial charge in [-0.25, -0.2) is 0 Å². The molecule has 0 aromatic rings. The first kappa shape index (κ1) is 21.2. The van der Waals surface area contributed by atoms with Crippen LogP contribution in [0.1, 0.15) is 80.1 Å². The largest absolute Gasteiger partial charge is 0.458 e. The van der Waals surface area contributed by atoms with E-state index in [0.717, 1.165) is 32.1 Å². The molecule has 1 N–H and O–H groups in total. The van der Waals surface area contributed by atoms with Gasteiger partial charge >= 0.3 is 5.97 Å². The molecule has 148 valence electrons. The highest BCUT2D eigenvalue weighted by Crippen LogP contribution is 2.44. The predicted octanol–water partition coefficient (Wildman–Crippen LogP) is 4.71. The number of esters is 1. The summed E-state index contributed by atoms with van der Waals surface area (Å²) >= 11 is 0. The van der Waals surface area contributed by atoms with Gasteiger partial charge in [-0.15, -0.1) is 0 Å². The molecule has 1 heterocycles. The van der Waals surface area contributed by atoms with Gasteiger partial charge in [0.2, 0.25) is 0 Å². The summed E-state index contributed by atoms with van der Waals surface area (Å²) in [4.78, 5) is 11.5. The monoisotopic (exact) mass is 364 g/mol. The Kier molecular flexibility index (Phi) is 6.73. The summed E-state index contributed by atoms with van der Waals surface area (Å²) in [5.74, 6) is -0.0486. The number of allylic oxidation sites excluding steroid dienone is 3. The lowest BCUT2D eigenvalue weighted by Crippen LogP contribution is -2.30. The van der Waals surface area contributed by atoms with E-state index in [1.54, 1.807) is 0 Å². The third-order valence-electron chi connectivity index (χ3n) is 5.87. The summed E-state index contributed by atoms with van der Waals surface area (Å²) in [6.07, 6.45) is 9.72. The van der Waals surface area contributed by atoms with Gasteiger partial charge in [-0.05, 0) is 78.7 Å². The molecule has 0 saturated carbocycles. The number of rotatable bonds is 2. The van der Waals surface area contributed by atoms with Crippen molar-refractivity contribution in [1.29, 1.82) is 0 Å². The Bertz CT molecular complexity index is 569. The molecule has 4 heteroatoms. The Morgan fingerprint density at radius 3 is 2.54 bits per heavy atom. The van der Waals surface area contributed by atoms with Crippen LogP contribution in [-0.4, -0.2) is 34.5 Å². The molecule has 2 aliphatic rings. The Morgan fingerprint density at radius 1 is 1.27 bits per heavy atom. The molecule has 0 aromatic heterocycles. The molecule has 1 aliphatic carbocycles. The van der Waals surface area contributed by atoms with Crippen LogP contribution in [0.3, 0.4) is 0 Å². The van der Waals surface area contributed by atoms with Gasteiger partial charge in [0.15, 0.2) is 0 Å². The summed E-state index contributed by atoms with van der Waals surface area (Å²) in [5, 5.41) is 10.5. The molecule has 4 nitrogen and oxygen atoms in total. The molecule has 0 unspecified atom stereocenters. The van der Waals surface area contributed by atoms with Crippen molar-refractivity contribution in [3.63, 3.8) is 0 Å². The van der Waals surface area contributed by atoms with Crippen LogP contribution >= 0.6 is 0 Å². The zero-order valence-electron chi connectivity index (χ0n) is 17.3. The minimum Gasteiger partial charge on any atom is -0.458 e. The number of carbonyl (C=O) groups excluding carboxylic acids is 1. The highest BCUT2D eigenvalue weighted by atomic mass is 16.6. The van der Waals surface area contributed by atoms with Crippen molar-refractivity contribution in [2.75, 3.05) is 0 Å². The minimum absolute atomic E-state index is 0.198. The van der Waals surface area contributed by atoms with E-state index in [-0.39, 0.29) is 29.7 Å². The molecule has 0 spiro atoms. The molecular weight excluding hydrogens is 328 g/mol. The van der Waals surface area contributed by atoms with Gasteiger partial charge in [0.1, 0.15) is 6.10 Å². The van der Waals surface area contributed by atoms with Gasteiger partial charge in [0.25, 0.3) is 0 Å². The lowest BCUT2D eigenvalue weighted by molar-refractivity contribution is -0.144. The Morgan fingerprint density at radius 2 is 1.92 bits per heavy atom. The summed E-state index contributed by atoms with van der Waals surface area (Å²) in [6, 6.07) is 0. The topological polar surface area (TPSA) is 59.1 Å². The van der Waals surface area contributed by atoms with E-state index in [1.165, 1.54) is 18.1 Å². The predicted molar refractivity (Wildman–Crippen MR) is 104 cm³/mol. The first-order valence-corrected chi connectivity index (χ1v) is 9.90. The first-order valence-electron chi connectivity index (χ1n) is 9.90. The summed E-state index contributed by atoms with van der Waals surface area (Å²) in [5.41, 5.74) is 1.65. The number of fused-ring (bicyclic) bond motifs is 1. The molecule has 26 heavy (non-hydrogen) atoms. The molecule has 1 fully saturated rings. The molecule has 2 rings (SSSR count). The van der Waals surface area contributed by atoms with E-state index in [4.69, 9.17) is 9.47 Å². The van der Waals surface area contributed by atoms with Crippen LogP contribution in [0.25, 0.3) is 0 Å². The van der Waals surface area contributed by atoms with Gasteiger partial charge in [0, 0.05) is 13.3 Å². The van der Waals surface area contributed by atoms with Crippen molar-refractivity contribution in [1.82, 2.24) is 0 Å². The van der Waals surface area contributed by atoms with Crippen LogP contribution in [0, 0.1) is 5.92 Å². The number of epoxide rings is 1. The van der Waals surface area contributed by atoms with Gasteiger partial charge in [-0.3, -0.25) is 4.79 Å². The maximum Gasteiger partial charge on any atom is 0.303 e. The van der Waals surface area contributed by atoms with Gasteiger partial charge in [-0.2, -0.15) is 0 Å². The summed E-state index contributed by atoms with van der Waals surface area (Å²) in [6.45, 7) is 11.6. The van der Waals surface area contributed by atoms with Crippen LogP contribution in [0.5, 0.6) is 0 Å². The first-order chi connectivity index (χ1) is 12.0. The van der Waals surface area contributed by atoms with Crippen LogP contribution in [-0.2, 0) is 14.3 Å². The zero-order valence-corrected chi connectivity index (χ0v) is 17.3. The van der Waals surface area contributed by atoms with Crippen LogP contribution in [0.4, 0.5) is 0 Å². The quantitative estimate of drug-likeness (QED) is 0.438. The molecule has 0 bridgehead atoms. The van der Waals surface area contributed by atoms with Gasteiger partial charge in [-0.1, -0.05) is 17.2 Å². The number of hydrogen-bond acceptors (Lipinski definition) is 4. The summed E-state index contributed by atoms with van der Waals surface area (Å²) in [7, 11) is 0. The molecule has 4 atom stereocenters. The fraction of sp³-hybridized carbons (Fsp3) is 0.773. The molecule has 1 aliphatic heterocycles. The second-order valence-electron chi connectivity index (χ2n) is 9.00. The Labute approximate surface area is 158 Å². The SMILES string of the molecule is CC(=O)O[C@H]1/C=C(\C)CC[C@@H](C(C)(C)O)C/C=C(\C)CC[C@@H]2O[C@]2(C)C1. The molecule has 0 amide bonds. The van der Waals surface area contributed by atoms with Crippen LogP contribution in [0.2, 0.25) is 0 Å². The van der Waals surface area contributed by atoms with E-state index < -0.39 is 5.60 Å². The molecular formula is C22H36O4. The van der Waals surface area contributed by atoms with Crippen molar-refractivity contribution < 1.29 is 19.4 Å². The van der Waals surface area contributed by atoms with Crippen molar-refractivity contribution in [3.8, 4) is 0 Å². The van der Waals surface area contributed by atoms with Gasteiger partial charge in [0.05, 0.1) is 17.3 Å². The van der Waals surface area contributed by atoms with Crippen LogP contribution in [0.15, 0.2) is 23.3 Å². The maximum atomic E-state index is 11.5.